The third-order valence-corrected chi connectivity index (χ3v) is 5.63. The summed E-state index contributed by atoms with van der Waals surface area (Å²) in [5, 5.41) is 0. The van der Waals surface area contributed by atoms with Crippen LogP contribution in [0.2, 0.25) is 0 Å². The van der Waals surface area contributed by atoms with Crippen molar-refractivity contribution in [1.82, 2.24) is 0 Å². The lowest BCUT2D eigenvalue weighted by Crippen LogP contribution is -2.32. The van der Waals surface area contributed by atoms with Crippen molar-refractivity contribution in [3.8, 4) is 0 Å². The molecule has 0 nitrogen and oxygen atoms in total. The van der Waals surface area contributed by atoms with E-state index in [2.05, 4.69) is 60.7 Å². The van der Waals surface area contributed by atoms with E-state index in [0.717, 1.165) is 0 Å². The zero-order valence-electron chi connectivity index (χ0n) is 11.5. The molecule has 2 unspecified atom stereocenters. The van der Waals surface area contributed by atoms with Crippen LogP contribution in [0.15, 0.2) is 60.7 Å². The summed E-state index contributed by atoms with van der Waals surface area (Å²) >= 11 is 0. The SMILES string of the molecule is C1=CC2CCC1C1c3ccccc3C2c2ccccc21. The van der Waals surface area contributed by atoms with Crippen LogP contribution in [0.1, 0.15) is 46.9 Å². The van der Waals surface area contributed by atoms with E-state index in [1.165, 1.54) is 12.8 Å². The first-order chi connectivity index (χ1) is 9.93. The van der Waals surface area contributed by atoms with Crippen LogP contribution in [-0.2, 0) is 0 Å². The van der Waals surface area contributed by atoms with Crippen LogP contribution >= 0.6 is 0 Å². The fourth-order valence-electron chi connectivity index (χ4n) is 4.83. The molecule has 4 bridgehead atoms. The summed E-state index contributed by atoms with van der Waals surface area (Å²) in [4.78, 5) is 0. The number of hydrogen-bond acceptors (Lipinski definition) is 0. The maximum atomic E-state index is 2.51. The Hall–Kier alpha value is -1.82. The van der Waals surface area contributed by atoms with Gasteiger partial charge in [0.1, 0.15) is 0 Å². The molecule has 0 N–H and O–H groups in total. The van der Waals surface area contributed by atoms with E-state index in [1.54, 1.807) is 22.3 Å². The fourth-order valence-corrected chi connectivity index (χ4v) is 4.83. The van der Waals surface area contributed by atoms with Crippen LogP contribution in [-0.4, -0.2) is 0 Å². The van der Waals surface area contributed by atoms with E-state index < -0.39 is 0 Å². The highest BCUT2D eigenvalue weighted by Gasteiger charge is 2.42. The molecule has 6 aliphatic rings. The average Bonchev–Trinajstić information content (AvgIpc) is 2.49. The first kappa shape index (κ1) is 10.9. The average molecular weight is 258 g/mol. The standard InChI is InChI=1S/C20H18/c1-2-6-16-15(5-1)19-13-9-11-14(12-10-13)20(16)18-8-4-3-7-17(18)19/h1-9,11,13-14,19-20H,10,12H2. The van der Waals surface area contributed by atoms with E-state index >= 15 is 0 Å². The van der Waals surface area contributed by atoms with Crippen LogP contribution < -0.4 is 0 Å². The Kier molecular flexibility index (Phi) is 2.10. The van der Waals surface area contributed by atoms with Crippen LogP contribution in [0.25, 0.3) is 0 Å². The van der Waals surface area contributed by atoms with Crippen LogP contribution in [0.4, 0.5) is 0 Å². The van der Waals surface area contributed by atoms with Gasteiger partial charge in [-0.15, -0.1) is 0 Å². The highest BCUT2D eigenvalue weighted by Crippen LogP contribution is 2.55. The largest absolute Gasteiger partial charge is 0.0842 e. The summed E-state index contributed by atoms with van der Waals surface area (Å²) in [6.45, 7) is 0. The summed E-state index contributed by atoms with van der Waals surface area (Å²) < 4.78 is 0. The molecule has 0 saturated carbocycles. The molecule has 2 aromatic carbocycles. The molecule has 2 atom stereocenters. The second-order valence-corrected chi connectivity index (χ2v) is 6.50. The molecule has 0 aromatic heterocycles. The number of rotatable bonds is 0. The maximum Gasteiger partial charge on any atom is 0.0158 e. The first-order valence-corrected chi connectivity index (χ1v) is 7.79. The highest BCUT2D eigenvalue weighted by molar-refractivity contribution is 5.55. The topological polar surface area (TPSA) is 0 Å². The lowest BCUT2D eigenvalue weighted by Gasteiger charge is -2.45. The second-order valence-electron chi connectivity index (χ2n) is 6.50. The Morgan fingerprint density at radius 2 is 0.900 bits per heavy atom. The molecule has 0 heteroatoms. The number of allylic oxidation sites excluding steroid dienone is 2. The van der Waals surface area contributed by atoms with Crippen molar-refractivity contribution in [2.45, 2.75) is 24.7 Å². The summed E-state index contributed by atoms with van der Waals surface area (Å²) in [5.74, 6) is 2.54. The van der Waals surface area contributed by atoms with Gasteiger partial charge >= 0.3 is 0 Å². The predicted octanol–water partition coefficient (Wildman–Crippen LogP) is 4.86. The van der Waals surface area contributed by atoms with Gasteiger partial charge in [-0.25, -0.2) is 0 Å². The molecule has 0 saturated heterocycles. The zero-order valence-corrected chi connectivity index (χ0v) is 11.5. The Balaban J connectivity index is 1.89. The molecular formula is C20H18. The molecule has 0 fully saturated rings. The summed E-state index contributed by atoms with van der Waals surface area (Å²) in [6, 6.07) is 18.4. The number of benzene rings is 2. The summed E-state index contributed by atoms with van der Waals surface area (Å²) in [5.41, 5.74) is 6.37. The molecule has 0 spiro atoms. The third kappa shape index (κ3) is 1.27. The monoisotopic (exact) mass is 258 g/mol. The quantitative estimate of drug-likeness (QED) is 0.592. The van der Waals surface area contributed by atoms with Crippen molar-refractivity contribution in [2.75, 3.05) is 0 Å². The minimum Gasteiger partial charge on any atom is -0.0842 e. The second kappa shape index (κ2) is 3.85. The Labute approximate surface area is 120 Å². The van der Waals surface area contributed by atoms with Crippen molar-refractivity contribution in [3.05, 3.63) is 82.9 Å². The van der Waals surface area contributed by atoms with Crippen molar-refractivity contribution in [2.24, 2.45) is 11.8 Å². The van der Waals surface area contributed by atoms with Gasteiger partial charge in [-0.2, -0.15) is 0 Å². The van der Waals surface area contributed by atoms with Gasteiger partial charge < -0.3 is 0 Å². The Morgan fingerprint density at radius 3 is 1.20 bits per heavy atom. The van der Waals surface area contributed by atoms with Crippen molar-refractivity contribution in [1.29, 1.82) is 0 Å². The molecule has 6 aliphatic carbocycles. The molecule has 20 heavy (non-hydrogen) atoms. The molecule has 98 valence electrons. The molecule has 0 amide bonds. The smallest absolute Gasteiger partial charge is 0.0158 e. The van der Waals surface area contributed by atoms with E-state index in [9.17, 15) is 0 Å². The Morgan fingerprint density at radius 1 is 0.550 bits per heavy atom. The minimum atomic E-state index is 0.580. The van der Waals surface area contributed by atoms with Crippen molar-refractivity contribution >= 4 is 0 Å². The van der Waals surface area contributed by atoms with Gasteiger partial charge in [-0.1, -0.05) is 60.7 Å². The lowest BCUT2D eigenvalue weighted by atomic mass is 9.58. The van der Waals surface area contributed by atoms with Gasteiger partial charge in [0.2, 0.25) is 0 Å². The van der Waals surface area contributed by atoms with Gasteiger partial charge in [-0.05, 0) is 46.9 Å². The zero-order chi connectivity index (χ0) is 13.1. The minimum absolute atomic E-state index is 0.580. The van der Waals surface area contributed by atoms with Gasteiger partial charge in [0, 0.05) is 11.8 Å². The molecular weight excluding hydrogens is 240 g/mol. The van der Waals surface area contributed by atoms with Gasteiger partial charge in [0.05, 0.1) is 0 Å². The lowest BCUT2D eigenvalue weighted by molar-refractivity contribution is 0.360. The normalized spacial score (nSPS) is 32.4. The summed E-state index contributed by atoms with van der Waals surface area (Å²) in [6.07, 6.45) is 7.73. The van der Waals surface area contributed by atoms with Crippen LogP contribution in [0.3, 0.4) is 0 Å². The summed E-state index contributed by atoms with van der Waals surface area (Å²) in [7, 11) is 0. The van der Waals surface area contributed by atoms with Gasteiger partial charge in [-0.3, -0.25) is 0 Å². The molecule has 8 rings (SSSR count). The van der Waals surface area contributed by atoms with Crippen molar-refractivity contribution in [3.63, 3.8) is 0 Å². The maximum absolute atomic E-state index is 2.51. The van der Waals surface area contributed by atoms with Crippen molar-refractivity contribution < 1.29 is 0 Å². The highest BCUT2D eigenvalue weighted by atomic mass is 14.5. The molecule has 0 radical (unpaired) electrons. The molecule has 0 heterocycles. The van der Waals surface area contributed by atoms with E-state index in [-0.39, 0.29) is 0 Å². The van der Waals surface area contributed by atoms with Gasteiger partial charge in [0.25, 0.3) is 0 Å². The van der Waals surface area contributed by atoms with Gasteiger partial charge in [0.15, 0.2) is 0 Å². The van der Waals surface area contributed by atoms with Crippen LogP contribution in [0, 0.1) is 11.8 Å². The van der Waals surface area contributed by atoms with E-state index in [4.69, 9.17) is 0 Å². The molecule has 2 aromatic rings. The number of hydrogen-bond donors (Lipinski definition) is 0. The van der Waals surface area contributed by atoms with E-state index in [1.807, 2.05) is 0 Å². The fraction of sp³-hybridized carbons (Fsp3) is 0.300. The third-order valence-electron chi connectivity index (χ3n) is 5.63. The molecule has 0 aliphatic heterocycles. The van der Waals surface area contributed by atoms with E-state index in [0.29, 0.717) is 23.7 Å². The van der Waals surface area contributed by atoms with Crippen LogP contribution in [0.5, 0.6) is 0 Å². The predicted molar refractivity (Wildman–Crippen MR) is 81.9 cm³/mol. The first-order valence-electron chi connectivity index (χ1n) is 7.79. The Bertz CT molecular complexity index is 602.